The maximum absolute atomic E-state index is 5.37. The smallest absolute Gasteiger partial charge is 0.221 e. The molecule has 2 heterocycles. The van der Waals surface area contributed by atoms with Crippen molar-refractivity contribution < 1.29 is 4.90 Å². The van der Waals surface area contributed by atoms with Crippen molar-refractivity contribution in [2.45, 2.75) is 32.9 Å². The standard InChI is InChI=1S/C15H20N4S/c1-12-5-7-13(8-6-12)14-16-15(20)19(17-14)11-18-9-3-2-4-10-18/h5-8H,2-4,9-11H2,1H3,(H,16,17,20)/p+1. The molecule has 0 amide bonds. The van der Waals surface area contributed by atoms with Gasteiger partial charge in [-0.2, -0.15) is 4.98 Å². The van der Waals surface area contributed by atoms with Gasteiger partial charge in [-0.05, 0) is 38.4 Å². The van der Waals surface area contributed by atoms with Crippen LogP contribution < -0.4 is 4.90 Å². The number of likely N-dealkylation sites (tertiary alicyclic amines) is 1. The molecule has 0 radical (unpaired) electrons. The van der Waals surface area contributed by atoms with Gasteiger partial charge in [0.1, 0.15) is 0 Å². The molecule has 0 spiro atoms. The van der Waals surface area contributed by atoms with E-state index in [1.54, 1.807) is 4.90 Å². The zero-order chi connectivity index (χ0) is 13.9. The SMILES string of the molecule is Cc1ccc(-c2nc(=S)n(C[NH+]3CCCCC3)[nH]2)cc1. The zero-order valence-corrected chi connectivity index (χ0v) is 12.7. The Kier molecular flexibility index (Phi) is 3.98. The third kappa shape index (κ3) is 2.99. The number of H-pyrrole nitrogens is 1. The number of nitrogens with one attached hydrogen (secondary N) is 2. The van der Waals surface area contributed by atoms with E-state index in [1.165, 1.54) is 37.9 Å². The lowest BCUT2D eigenvalue weighted by molar-refractivity contribution is -0.928. The minimum atomic E-state index is 0.652. The van der Waals surface area contributed by atoms with E-state index in [2.05, 4.69) is 41.3 Å². The first-order valence-electron chi connectivity index (χ1n) is 7.30. The zero-order valence-electron chi connectivity index (χ0n) is 11.9. The molecule has 106 valence electrons. The molecule has 0 unspecified atom stereocenters. The number of hydrogen-bond donors (Lipinski definition) is 2. The predicted molar refractivity (Wildman–Crippen MR) is 82.1 cm³/mol. The highest BCUT2D eigenvalue weighted by Crippen LogP contribution is 2.15. The number of quaternary nitrogens is 1. The third-order valence-corrected chi connectivity index (χ3v) is 4.26. The molecule has 0 aliphatic carbocycles. The van der Waals surface area contributed by atoms with Gasteiger partial charge < -0.3 is 4.90 Å². The Hall–Kier alpha value is -1.46. The van der Waals surface area contributed by atoms with Crippen molar-refractivity contribution in [1.82, 2.24) is 14.8 Å². The molecule has 2 N–H and O–H groups in total. The summed E-state index contributed by atoms with van der Waals surface area (Å²) in [5.41, 5.74) is 2.35. The van der Waals surface area contributed by atoms with Crippen LogP contribution in [0.4, 0.5) is 0 Å². The molecule has 5 heteroatoms. The number of piperidine rings is 1. The normalized spacial score (nSPS) is 16.4. The minimum Gasteiger partial charge on any atom is -0.316 e. The first kappa shape index (κ1) is 13.5. The van der Waals surface area contributed by atoms with E-state index in [1.807, 2.05) is 4.68 Å². The van der Waals surface area contributed by atoms with Crippen molar-refractivity contribution in [1.29, 1.82) is 0 Å². The molecule has 0 saturated carbocycles. The number of nitrogens with zero attached hydrogens (tertiary/aromatic N) is 2. The van der Waals surface area contributed by atoms with Gasteiger partial charge in [-0.3, -0.25) is 5.10 Å². The molecule has 1 aliphatic rings. The lowest BCUT2D eigenvalue weighted by atomic mass is 10.1. The fourth-order valence-electron chi connectivity index (χ4n) is 2.74. The fraction of sp³-hybridized carbons (Fsp3) is 0.467. The summed E-state index contributed by atoms with van der Waals surface area (Å²) in [6.07, 6.45) is 4.01. The third-order valence-electron chi connectivity index (χ3n) is 3.95. The van der Waals surface area contributed by atoms with Gasteiger partial charge in [0.05, 0.1) is 13.1 Å². The van der Waals surface area contributed by atoms with Crippen molar-refractivity contribution in [2.75, 3.05) is 13.1 Å². The summed E-state index contributed by atoms with van der Waals surface area (Å²) in [4.78, 5) is 6.07. The number of aromatic amines is 1. The van der Waals surface area contributed by atoms with E-state index in [9.17, 15) is 0 Å². The van der Waals surface area contributed by atoms with Crippen LogP contribution in [-0.2, 0) is 6.67 Å². The average molecular weight is 289 g/mol. The van der Waals surface area contributed by atoms with Crippen molar-refractivity contribution >= 4 is 12.2 Å². The van der Waals surface area contributed by atoms with Gasteiger partial charge in [0.15, 0.2) is 12.5 Å². The Balaban J connectivity index is 1.79. The molecule has 2 aromatic rings. The van der Waals surface area contributed by atoms with Gasteiger partial charge in [0.2, 0.25) is 4.77 Å². The van der Waals surface area contributed by atoms with Crippen molar-refractivity contribution in [3.8, 4) is 11.4 Å². The van der Waals surface area contributed by atoms with Gasteiger partial charge in [0, 0.05) is 5.56 Å². The van der Waals surface area contributed by atoms with Crippen LogP contribution in [0.1, 0.15) is 24.8 Å². The second kappa shape index (κ2) is 5.89. The number of aryl methyl sites for hydroxylation is 1. The molecule has 1 aromatic heterocycles. The maximum Gasteiger partial charge on any atom is 0.221 e. The molecule has 1 saturated heterocycles. The highest BCUT2D eigenvalue weighted by Gasteiger charge is 2.15. The fourth-order valence-corrected chi connectivity index (χ4v) is 2.94. The summed E-state index contributed by atoms with van der Waals surface area (Å²) in [5.74, 6) is 0.867. The summed E-state index contributed by atoms with van der Waals surface area (Å²) < 4.78 is 2.66. The highest BCUT2D eigenvalue weighted by molar-refractivity contribution is 7.71. The number of benzene rings is 1. The maximum atomic E-state index is 5.37. The molecule has 3 rings (SSSR count). The Morgan fingerprint density at radius 3 is 2.60 bits per heavy atom. The monoisotopic (exact) mass is 289 g/mol. The summed E-state index contributed by atoms with van der Waals surface area (Å²) in [6, 6.07) is 8.37. The van der Waals surface area contributed by atoms with E-state index in [-0.39, 0.29) is 0 Å². The van der Waals surface area contributed by atoms with Gasteiger partial charge >= 0.3 is 0 Å². The van der Waals surface area contributed by atoms with Crippen LogP contribution >= 0.6 is 12.2 Å². The van der Waals surface area contributed by atoms with Gasteiger partial charge in [0.25, 0.3) is 0 Å². The molecule has 1 aliphatic heterocycles. The first-order valence-corrected chi connectivity index (χ1v) is 7.71. The number of hydrogen-bond acceptors (Lipinski definition) is 2. The van der Waals surface area contributed by atoms with Crippen molar-refractivity contribution in [3.63, 3.8) is 0 Å². The van der Waals surface area contributed by atoms with Crippen molar-refractivity contribution in [3.05, 3.63) is 34.6 Å². The lowest BCUT2D eigenvalue weighted by Gasteiger charge is -2.23. The molecular weight excluding hydrogens is 268 g/mol. The summed E-state index contributed by atoms with van der Waals surface area (Å²) in [7, 11) is 0. The quantitative estimate of drug-likeness (QED) is 0.848. The van der Waals surface area contributed by atoms with E-state index < -0.39 is 0 Å². The second-order valence-corrected chi connectivity index (χ2v) is 5.98. The van der Waals surface area contributed by atoms with Crippen LogP contribution in [0.3, 0.4) is 0 Å². The number of rotatable bonds is 3. The van der Waals surface area contributed by atoms with Gasteiger partial charge in [-0.1, -0.05) is 29.8 Å². The molecule has 1 fully saturated rings. The summed E-state index contributed by atoms with van der Waals surface area (Å²) >= 11 is 5.37. The number of aromatic nitrogens is 3. The largest absolute Gasteiger partial charge is 0.316 e. The van der Waals surface area contributed by atoms with Crippen LogP contribution in [0.25, 0.3) is 11.4 Å². The van der Waals surface area contributed by atoms with E-state index in [0.29, 0.717) is 4.77 Å². The summed E-state index contributed by atoms with van der Waals surface area (Å²) in [6.45, 7) is 5.46. The van der Waals surface area contributed by atoms with Gasteiger partial charge in [-0.15, -0.1) is 0 Å². The Bertz CT molecular complexity index is 620. The highest BCUT2D eigenvalue weighted by atomic mass is 32.1. The Morgan fingerprint density at radius 1 is 1.20 bits per heavy atom. The minimum absolute atomic E-state index is 0.652. The Labute approximate surface area is 124 Å². The van der Waals surface area contributed by atoms with Crippen LogP contribution in [0, 0.1) is 11.7 Å². The molecule has 20 heavy (non-hydrogen) atoms. The van der Waals surface area contributed by atoms with Crippen LogP contribution in [-0.4, -0.2) is 27.9 Å². The van der Waals surface area contributed by atoms with Crippen LogP contribution in [0.2, 0.25) is 0 Å². The van der Waals surface area contributed by atoms with Gasteiger partial charge in [-0.25, -0.2) is 4.68 Å². The predicted octanol–water partition coefficient (Wildman–Crippen LogP) is 1.94. The van der Waals surface area contributed by atoms with Crippen LogP contribution in [0.15, 0.2) is 24.3 Å². The summed E-state index contributed by atoms with van der Waals surface area (Å²) in [5, 5.41) is 3.35. The molecule has 4 nitrogen and oxygen atoms in total. The first-order chi connectivity index (χ1) is 9.72. The topological polar surface area (TPSA) is 38.0 Å². The van der Waals surface area contributed by atoms with Crippen molar-refractivity contribution in [2.24, 2.45) is 0 Å². The molecule has 0 atom stereocenters. The molecule has 0 bridgehead atoms. The Morgan fingerprint density at radius 2 is 1.90 bits per heavy atom. The molecule has 1 aromatic carbocycles. The second-order valence-electron chi connectivity index (χ2n) is 5.62. The van der Waals surface area contributed by atoms with Crippen LogP contribution in [0.5, 0.6) is 0 Å². The van der Waals surface area contributed by atoms with E-state index >= 15 is 0 Å². The average Bonchev–Trinajstić information content (AvgIpc) is 2.82. The van der Waals surface area contributed by atoms with E-state index in [0.717, 1.165) is 18.1 Å². The molecular formula is C15H21N4S+. The van der Waals surface area contributed by atoms with E-state index in [4.69, 9.17) is 12.2 Å². The lowest BCUT2D eigenvalue weighted by Crippen LogP contribution is -3.12.